The first-order valence-corrected chi connectivity index (χ1v) is 43.6. The van der Waals surface area contributed by atoms with Crippen LogP contribution in [0.5, 0.6) is 0 Å². The molecule has 0 radical (unpaired) electrons. The van der Waals surface area contributed by atoms with E-state index >= 15 is 0 Å². The average Bonchev–Trinajstić information content (AvgIpc) is 2.20. The van der Waals surface area contributed by atoms with Crippen LogP contribution in [0.3, 0.4) is 0 Å². The van der Waals surface area contributed by atoms with Crippen molar-refractivity contribution in [3.05, 3.63) is 561 Å². The lowest BCUT2D eigenvalue weighted by Crippen LogP contribution is -2.28. The third-order valence-corrected chi connectivity index (χ3v) is 25.0. The average molecular weight is 1600 g/mol. The topological polar surface area (TPSA) is 0 Å². The highest BCUT2D eigenvalue weighted by Gasteiger charge is 2.52. The van der Waals surface area contributed by atoms with E-state index in [1.54, 1.807) is 0 Å². The van der Waals surface area contributed by atoms with E-state index in [1.807, 2.05) is 12.1 Å². The highest BCUT2D eigenvalue weighted by atomic mass is 14.5. The van der Waals surface area contributed by atoms with Gasteiger partial charge >= 0.3 is 0 Å². The number of hydrogen-bond acceptors (Lipinski definition) is 0. The molecule has 0 aliphatic heterocycles. The van der Waals surface area contributed by atoms with Crippen molar-refractivity contribution in [3.8, 4) is 66.8 Å². The fourth-order valence-electron chi connectivity index (χ4n) is 18.9. The Balaban J connectivity index is 0.000000108. The maximum Gasteiger partial charge on any atom is 0.0725 e. The van der Waals surface area contributed by atoms with E-state index in [1.165, 1.54) is 194 Å². The summed E-state index contributed by atoms with van der Waals surface area (Å²) in [5.41, 5.74) is 41.8. The van der Waals surface area contributed by atoms with Crippen LogP contribution < -0.4 is 0 Å². The molecule has 19 aromatic rings. The van der Waals surface area contributed by atoms with Gasteiger partial charge < -0.3 is 0 Å². The summed E-state index contributed by atoms with van der Waals surface area (Å²) in [5.74, 6) is 0. The molecule has 0 fully saturated rings. The summed E-state index contributed by atoms with van der Waals surface area (Å²) < 4.78 is 0. The van der Waals surface area contributed by atoms with Gasteiger partial charge in [-0.15, -0.1) is 0 Å². The maximum absolute atomic E-state index is 2.40. The molecule has 0 heterocycles. The monoisotopic (exact) mass is 1600 g/mol. The van der Waals surface area contributed by atoms with Crippen LogP contribution in [0.4, 0.5) is 0 Å². The second kappa shape index (κ2) is 37.4. The Bertz CT molecular complexity index is 6660. The Kier molecular flexibility index (Phi) is 25.1. The molecule has 0 atom stereocenters. The van der Waals surface area contributed by atoms with Crippen molar-refractivity contribution in [2.45, 2.75) is 92.4 Å². The zero-order valence-electron chi connectivity index (χ0n) is 73.3. The van der Waals surface area contributed by atoms with Gasteiger partial charge in [0.1, 0.15) is 0 Å². The Hall–Kier alpha value is -14.3. The summed E-state index contributed by atoms with van der Waals surface area (Å²) in [6, 6.07) is 163. The minimum Gasteiger partial charge on any atom is -0.0622 e. The molecule has 4 aliphatic rings. The summed E-state index contributed by atoms with van der Waals surface area (Å²) in [5, 5.41) is 5.33. The van der Waals surface area contributed by atoms with E-state index in [0.29, 0.717) is 0 Å². The van der Waals surface area contributed by atoms with E-state index < -0.39 is 0 Å². The van der Waals surface area contributed by atoms with Gasteiger partial charge in [0.15, 0.2) is 0 Å². The van der Waals surface area contributed by atoms with Gasteiger partial charge in [0.2, 0.25) is 0 Å². The molecule has 0 unspecified atom stereocenters. The van der Waals surface area contributed by atoms with Crippen LogP contribution in [-0.4, -0.2) is 0 Å². The molecule has 0 bridgehead atoms. The minimum atomic E-state index is -0.263. The van der Waals surface area contributed by atoms with Crippen molar-refractivity contribution in [1.29, 1.82) is 0 Å². The van der Waals surface area contributed by atoms with Crippen molar-refractivity contribution in [2.75, 3.05) is 0 Å². The number of fused-ring (bicyclic) bond motifs is 18. The molecule has 23 rings (SSSR count). The highest BCUT2D eigenvalue weighted by Crippen LogP contribution is 2.63. The lowest BCUT2D eigenvalue weighted by atomic mass is 9.67. The first-order chi connectivity index (χ1) is 60.5. The second-order valence-electron chi connectivity index (χ2n) is 33.9. The van der Waals surface area contributed by atoms with Gasteiger partial charge in [-0.1, -0.05) is 508 Å². The molecule has 0 amide bonds. The second-order valence-corrected chi connectivity index (χ2v) is 33.9. The van der Waals surface area contributed by atoms with Crippen molar-refractivity contribution in [3.63, 3.8) is 0 Å². The standard InChI is InChI=1S/C26H18.C26H20.C16H16.2C13H12.2C11H10.C8H10/c1-17-14-15-21-20-10-4-7-13-24(20)26(25(21)16-17)22-11-5-2-8-18(22)19-9-3-6-12-23(19)26;1-19-16-17-23-22-14-8-9-15-24(22)26(25(23)18-19,20-10-4-2-5-11-20)21-12-6-3-7-13-21;1-11-8-9-13-12-6-4-5-7-14(12)16(2,3)15(13)10-11;1-11-7-5-6-10-13(11)12-8-3-2-4-9-12;1-11-6-5-9-13(10-11)12-7-3-2-4-8-12;1-9-5-4-7-10-6-2-3-8-11(9)10;1-9-6-7-10-4-2-3-5-11(10)8-9;1-7-3-5-8(2)6-4-7/h2-16H,1H3;2-18H,1H3;4-10H,1-3H3;2*2-10H,1H3;2*2-8H,1H3;3-6H,1-2H3. The number of aryl methyl sites for hydroxylation is 9. The van der Waals surface area contributed by atoms with Crippen molar-refractivity contribution in [2.24, 2.45) is 0 Å². The lowest BCUT2D eigenvalue weighted by Gasteiger charge is -2.34. The molecular formula is C124H108. The molecule has 124 heavy (non-hydrogen) atoms. The van der Waals surface area contributed by atoms with Gasteiger partial charge in [-0.3, -0.25) is 0 Å². The Morgan fingerprint density at radius 3 is 0.944 bits per heavy atom. The maximum atomic E-state index is 2.40. The summed E-state index contributed by atoms with van der Waals surface area (Å²) in [7, 11) is 0. The van der Waals surface area contributed by atoms with Gasteiger partial charge in [-0.2, -0.15) is 0 Å². The van der Waals surface area contributed by atoms with E-state index in [9.17, 15) is 0 Å². The first kappa shape index (κ1) is 83.4. The summed E-state index contributed by atoms with van der Waals surface area (Å²) >= 11 is 0. The number of hydrogen-bond donors (Lipinski definition) is 0. The third kappa shape index (κ3) is 17.1. The Morgan fingerprint density at radius 1 is 0.153 bits per heavy atom. The van der Waals surface area contributed by atoms with E-state index in [4.69, 9.17) is 0 Å². The summed E-state index contributed by atoms with van der Waals surface area (Å²) in [4.78, 5) is 0. The van der Waals surface area contributed by atoms with E-state index in [2.05, 4.69) is 519 Å². The zero-order valence-corrected chi connectivity index (χ0v) is 73.3. The minimum absolute atomic E-state index is 0.151. The molecule has 604 valence electrons. The largest absolute Gasteiger partial charge is 0.0725 e. The molecule has 0 aromatic heterocycles. The predicted molar refractivity (Wildman–Crippen MR) is 531 cm³/mol. The summed E-state index contributed by atoms with van der Waals surface area (Å²) in [6.45, 7) is 23.9. The Labute approximate surface area is 736 Å². The highest BCUT2D eigenvalue weighted by molar-refractivity contribution is 5.96. The van der Waals surface area contributed by atoms with Crippen molar-refractivity contribution < 1.29 is 0 Å². The number of rotatable bonds is 4. The third-order valence-electron chi connectivity index (χ3n) is 25.0. The molecule has 1 spiro atoms. The lowest BCUT2D eigenvalue weighted by molar-refractivity contribution is 0.660. The molecule has 0 nitrogen and oxygen atoms in total. The molecule has 0 saturated heterocycles. The molecule has 0 heteroatoms. The van der Waals surface area contributed by atoms with Crippen LogP contribution in [-0.2, 0) is 16.2 Å². The van der Waals surface area contributed by atoms with Crippen LogP contribution in [0, 0.1) is 62.3 Å². The molecule has 4 aliphatic carbocycles. The fourth-order valence-corrected chi connectivity index (χ4v) is 18.9. The normalized spacial score (nSPS) is 12.5. The van der Waals surface area contributed by atoms with Crippen LogP contribution in [0.1, 0.15) is 120 Å². The molecular weight excluding hydrogens is 1490 g/mol. The Morgan fingerprint density at radius 2 is 0.460 bits per heavy atom. The van der Waals surface area contributed by atoms with Gasteiger partial charge in [0, 0.05) is 5.41 Å². The SMILES string of the molecule is Cc1ccc(C)cc1.Cc1ccc2c(c1)C(C)(C)c1ccccc1-2.Cc1ccc2c(c1)C(c1ccccc1)(c1ccccc1)c1ccccc1-2.Cc1ccc2c(c1)C1(c3ccccc3-c3ccccc31)c1ccccc1-2.Cc1ccc2ccccc2c1.Cc1cccc(-c2ccccc2)c1.Cc1cccc2ccccc12.Cc1ccccc1-c1ccccc1. The van der Waals surface area contributed by atoms with Gasteiger partial charge in [-0.05, 0) is 217 Å². The van der Waals surface area contributed by atoms with Crippen molar-refractivity contribution in [1.82, 2.24) is 0 Å². The molecule has 0 saturated carbocycles. The van der Waals surface area contributed by atoms with E-state index in [0.717, 1.165) is 0 Å². The predicted octanol–water partition coefficient (Wildman–Crippen LogP) is 32.9. The number of benzene rings is 19. The summed E-state index contributed by atoms with van der Waals surface area (Å²) in [6.07, 6.45) is 0. The van der Waals surface area contributed by atoms with Crippen LogP contribution >= 0.6 is 0 Å². The van der Waals surface area contributed by atoms with Crippen LogP contribution in [0.2, 0.25) is 0 Å². The molecule has 19 aromatic carbocycles. The smallest absolute Gasteiger partial charge is 0.0622 e. The van der Waals surface area contributed by atoms with Crippen molar-refractivity contribution >= 4 is 21.5 Å². The van der Waals surface area contributed by atoms with Gasteiger partial charge in [0.25, 0.3) is 0 Å². The van der Waals surface area contributed by atoms with Gasteiger partial charge in [0.05, 0.1) is 10.8 Å². The van der Waals surface area contributed by atoms with Crippen LogP contribution in [0.25, 0.3) is 88.3 Å². The first-order valence-electron chi connectivity index (χ1n) is 43.6. The quantitative estimate of drug-likeness (QED) is 0.165. The van der Waals surface area contributed by atoms with Crippen LogP contribution in [0.15, 0.2) is 455 Å². The fraction of sp³-hybridized carbons (Fsp3) is 0.113. The van der Waals surface area contributed by atoms with E-state index in [-0.39, 0.29) is 16.2 Å². The zero-order chi connectivity index (χ0) is 85.7. The molecule has 0 N–H and O–H groups in total. The van der Waals surface area contributed by atoms with Gasteiger partial charge in [-0.25, -0.2) is 0 Å².